The van der Waals surface area contributed by atoms with Crippen LogP contribution in [0.4, 0.5) is 0 Å². The maximum absolute atomic E-state index is 5.90. The van der Waals surface area contributed by atoms with E-state index < -0.39 is 0 Å². The molecule has 1 aliphatic rings. The molecule has 0 saturated carbocycles. The molecule has 1 unspecified atom stereocenters. The third-order valence-electron chi connectivity index (χ3n) is 5.52. The first-order valence-electron chi connectivity index (χ1n) is 10.1. The van der Waals surface area contributed by atoms with Crippen molar-refractivity contribution in [3.63, 3.8) is 0 Å². The highest BCUT2D eigenvalue weighted by molar-refractivity contribution is 5.47. The van der Waals surface area contributed by atoms with Crippen LogP contribution in [0.5, 0.6) is 17.2 Å². The van der Waals surface area contributed by atoms with Crippen molar-refractivity contribution >= 4 is 0 Å². The quantitative estimate of drug-likeness (QED) is 0.671. The van der Waals surface area contributed by atoms with Gasteiger partial charge in [0.05, 0.1) is 20.8 Å². The van der Waals surface area contributed by atoms with Gasteiger partial charge in [-0.05, 0) is 47.5 Å². The van der Waals surface area contributed by atoms with Gasteiger partial charge in [0.25, 0.3) is 0 Å². The van der Waals surface area contributed by atoms with Gasteiger partial charge in [-0.3, -0.25) is 0 Å². The molecule has 0 bridgehead atoms. The Kier molecular flexibility index (Phi) is 6.01. The molecule has 4 heteroatoms. The smallest absolute Gasteiger partial charge is 0.161 e. The monoisotopic (exact) mass is 390 g/mol. The van der Waals surface area contributed by atoms with E-state index in [2.05, 4.69) is 48.5 Å². The van der Waals surface area contributed by atoms with Crippen LogP contribution >= 0.6 is 0 Å². The molecule has 0 fully saturated rings. The Balaban J connectivity index is 1.36. The second kappa shape index (κ2) is 9.01. The maximum Gasteiger partial charge on any atom is 0.161 e. The highest BCUT2D eigenvalue weighted by Crippen LogP contribution is 2.31. The first-order chi connectivity index (χ1) is 14.2. The predicted octanol–water partition coefficient (Wildman–Crippen LogP) is 3.42. The van der Waals surface area contributed by atoms with Crippen LogP contribution in [-0.2, 0) is 26.1 Å². The van der Waals surface area contributed by atoms with Gasteiger partial charge in [0.2, 0.25) is 0 Å². The predicted molar refractivity (Wildman–Crippen MR) is 114 cm³/mol. The molecule has 4 rings (SSSR count). The molecule has 150 valence electrons. The van der Waals surface area contributed by atoms with Crippen LogP contribution in [0.15, 0.2) is 66.7 Å². The zero-order valence-electron chi connectivity index (χ0n) is 17.1. The number of methoxy groups -OCH3 is 2. The molecule has 0 aliphatic carbocycles. The lowest BCUT2D eigenvalue weighted by Gasteiger charge is -2.27. The number of nitrogens with one attached hydrogen (secondary N) is 1. The van der Waals surface area contributed by atoms with Gasteiger partial charge in [-0.25, -0.2) is 0 Å². The summed E-state index contributed by atoms with van der Waals surface area (Å²) >= 11 is 0. The van der Waals surface area contributed by atoms with Gasteiger partial charge >= 0.3 is 0 Å². The minimum Gasteiger partial charge on any atom is -0.493 e. The summed E-state index contributed by atoms with van der Waals surface area (Å²) in [5.41, 5.74) is 5.24. The number of hydrogen-bond donors (Lipinski definition) is 1. The van der Waals surface area contributed by atoms with Crippen LogP contribution < -0.4 is 19.1 Å². The van der Waals surface area contributed by atoms with Gasteiger partial charge in [0.15, 0.2) is 11.5 Å². The van der Waals surface area contributed by atoms with E-state index in [9.17, 15) is 0 Å². The van der Waals surface area contributed by atoms with Crippen molar-refractivity contribution in [2.75, 3.05) is 20.8 Å². The third kappa shape index (κ3) is 4.72. The average Bonchev–Trinajstić information content (AvgIpc) is 2.78. The molecule has 1 atom stereocenters. The molecule has 0 saturated heterocycles. The molecule has 3 aromatic carbocycles. The SMILES string of the molecule is COc1cc2c(cc1OC)C[NH+](Cc1ccc(OCc3ccccc3)cc1)CC2. The normalized spacial score (nSPS) is 15.4. The van der Waals surface area contributed by atoms with Crippen molar-refractivity contribution in [3.05, 3.63) is 89.0 Å². The van der Waals surface area contributed by atoms with E-state index in [0.717, 1.165) is 43.3 Å². The van der Waals surface area contributed by atoms with Crippen LogP contribution in [0, 0.1) is 0 Å². The molecule has 0 amide bonds. The lowest BCUT2D eigenvalue weighted by atomic mass is 9.98. The standard InChI is InChI=1S/C25H27NO3/c1-27-24-14-21-12-13-26(17-22(21)15-25(24)28-2)16-19-8-10-23(11-9-19)29-18-20-6-4-3-5-7-20/h3-11,14-15H,12-13,16-18H2,1-2H3/p+1. The van der Waals surface area contributed by atoms with E-state index in [1.165, 1.54) is 22.3 Å². The second-order valence-electron chi connectivity index (χ2n) is 7.50. The minimum atomic E-state index is 0.597. The number of ether oxygens (including phenoxy) is 3. The summed E-state index contributed by atoms with van der Waals surface area (Å²) in [6.07, 6.45) is 1.06. The minimum absolute atomic E-state index is 0.597. The van der Waals surface area contributed by atoms with Gasteiger partial charge in [0, 0.05) is 17.5 Å². The first-order valence-corrected chi connectivity index (χ1v) is 10.1. The van der Waals surface area contributed by atoms with Crippen molar-refractivity contribution in [2.24, 2.45) is 0 Å². The number of quaternary nitrogens is 1. The molecular formula is C25H28NO3+. The molecule has 3 aromatic rings. The Morgan fingerprint density at radius 2 is 1.48 bits per heavy atom. The largest absolute Gasteiger partial charge is 0.493 e. The summed E-state index contributed by atoms with van der Waals surface area (Å²) in [5.74, 6) is 2.54. The Morgan fingerprint density at radius 1 is 0.793 bits per heavy atom. The topological polar surface area (TPSA) is 32.1 Å². The summed E-state index contributed by atoms with van der Waals surface area (Å²) < 4.78 is 16.8. The van der Waals surface area contributed by atoms with E-state index in [1.54, 1.807) is 19.1 Å². The Morgan fingerprint density at radius 3 is 2.17 bits per heavy atom. The fourth-order valence-corrected chi connectivity index (χ4v) is 3.91. The Hall–Kier alpha value is -2.98. The summed E-state index contributed by atoms with van der Waals surface area (Å²) in [4.78, 5) is 1.56. The molecule has 0 spiro atoms. The summed E-state index contributed by atoms with van der Waals surface area (Å²) in [7, 11) is 3.39. The highest BCUT2D eigenvalue weighted by Gasteiger charge is 2.22. The summed E-state index contributed by atoms with van der Waals surface area (Å²) in [6, 6.07) is 23.0. The van der Waals surface area contributed by atoms with E-state index in [0.29, 0.717) is 6.61 Å². The molecule has 29 heavy (non-hydrogen) atoms. The zero-order chi connectivity index (χ0) is 20.1. The van der Waals surface area contributed by atoms with Crippen molar-refractivity contribution in [1.82, 2.24) is 0 Å². The van der Waals surface area contributed by atoms with Crippen LogP contribution in [0.25, 0.3) is 0 Å². The third-order valence-corrected chi connectivity index (χ3v) is 5.52. The Bertz CT molecular complexity index is 938. The van der Waals surface area contributed by atoms with Crippen LogP contribution in [0.3, 0.4) is 0 Å². The van der Waals surface area contributed by atoms with Gasteiger partial charge in [-0.1, -0.05) is 30.3 Å². The fourth-order valence-electron chi connectivity index (χ4n) is 3.91. The number of rotatable bonds is 7. The van der Waals surface area contributed by atoms with E-state index in [4.69, 9.17) is 14.2 Å². The van der Waals surface area contributed by atoms with E-state index in [1.807, 2.05) is 18.2 Å². The van der Waals surface area contributed by atoms with E-state index >= 15 is 0 Å². The number of hydrogen-bond acceptors (Lipinski definition) is 3. The van der Waals surface area contributed by atoms with Crippen molar-refractivity contribution in [2.45, 2.75) is 26.1 Å². The molecule has 1 heterocycles. The average molecular weight is 391 g/mol. The van der Waals surface area contributed by atoms with Gasteiger partial charge in [0.1, 0.15) is 25.4 Å². The van der Waals surface area contributed by atoms with Crippen molar-refractivity contribution in [1.29, 1.82) is 0 Å². The van der Waals surface area contributed by atoms with Crippen LogP contribution in [0.1, 0.15) is 22.3 Å². The number of fused-ring (bicyclic) bond motifs is 1. The highest BCUT2D eigenvalue weighted by atomic mass is 16.5. The van der Waals surface area contributed by atoms with Gasteiger partial charge in [-0.2, -0.15) is 0 Å². The number of benzene rings is 3. The molecule has 1 aliphatic heterocycles. The van der Waals surface area contributed by atoms with Gasteiger partial charge in [-0.15, -0.1) is 0 Å². The van der Waals surface area contributed by atoms with Crippen LogP contribution in [-0.4, -0.2) is 20.8 Å². The maximum atomic E-state index is 5.90. The lowest BCUT2D eigenvalue weighted by Crippen LogP contribution is -3.10. The van der Waals surface area contributed by atoms with Crippen LogP contribution in [0.2, 0.25) is 0 Å². The second-order valence-corrected chi connectivity index (χ2v) is 7.50. The fraction of sp³-hybridized carbons (Fsp3) is 0.280. The zero-order valence-corrected chi connectivity index (χ0v) is 17.1. The first kappa shape index (κ1) is 19.3. The van der Waals surface area contributed by atoms with Crippen molar-refractivity contribution < 1.29 is 19.1 Å². The summed E-state index contributed by atoms with van der Waals surface area (Å²) in [6.45, 7) is 3.73. The summed E-state index contributed by atoms with van der Waals surface area (Å²) in [5, 5.41) is 0. The van der Waals surface area contributed by atoms with E-state index in [-0.39, 0.29) is 0 Å². The molecule has 0 radical (unpaired) electrons. The molecular weight excluding hydrogens is 362 g/mol. The molecule has 1 N–H and O–H groups in total. The Labute approximate surface area is 172 Å². The molecule has 0 aromatic heterocycles. The molecule has 4 nitrogen and oxygen atoms in total. The van der Waals surface area contributed by atoms with Gasteiger partial charge < -0.3 is 19.1 Å². The van der Waals surface area contributed by atoms with Crippen molar-refractivity contribution in [3.8, 4) is 17.2 Å². The lowest BCUT2D eigenvalue weighted by molar-refractivity contribution is -0.929.